The number of hydrogen-bond acceptors (Lipinski definition) is 4. The summed E-state index contributed by atoms with van der Waals surface area (Å²) in [5.74, 6) is 2.37. The Morgan fingerprint density at radius 3 is 2.85 bits per heavy atom. The van der Waals surface area contributed by atoms with Crippen molar-refractivity contribution >= 4 is 0 Å². The van der Waals surface area contributed by atoms with Gasteiger partial charge in [-0.2, -0.15) is 0 Å². The van der Waals surface area contributed by atoms with Crippen molar-refractivity contribution in [2.45, 2.75) is 38.3 Å². The Morgan fingerprint density at radius 2 is 2.00 bits per heavy atom. The van der Waals surface area contributed by atoms with Crippen molar-refractivity contribution in [3.05, 3.63) is 23.8 Å². The topological polar surface area (TPSA) is 47.7 Å². The minimum absolute atomic E-state index is 0.340. The Kier molecular flexibility index (Phi) is 4.13. The lowest BCUT2D eigenvalue weighted by molar-refractivity contribution is 0.127. The Balaban J connectivity index is 1.67. The summed E-state index contributed by atoms with van der Waals surface area (Å²) >= 11 is 0. The highest BCUT2D eigenvalue weighted by molar-refractivity contribution is 5.44. The molecular weight excluding hydrogens is 252 g/mol. The fraction of sp³-hybridized carbons (Fsp3) is 0.625. The summed E-state index contributed by atoms with van der Waals surface area (Å²) < 4.78 is 10.8. The third-order valence-corrected chi connectivity index (χ3v) is 4.61. The zero-order chi connectivity index (χ0) is 13.9. The number of nitrogens with zero attached hydrogens (tertiary/aromatic N) is 1. The monoisotopic (exact) mass is 276 g/mol. The second kappa shape index (κ2) is 6.02. The van der Waals surface area contributed by atoms with Gasteiger partial charge in [-0.1, -0.05) is 18.9 Å². The van der Waals surface area contributed by atoms with E-state index in [9.17, 15) is 0 Å². The van der Waals surface area contributed by atoms with Crippen molar-refractivity contribution in [2.24, 2.45) is 11.7 Å². The Hall–Kier alpha value is -1.26. The van der Waals surface area contributed by atoms with Crippen LogP contribution in [0.2, 0.25) is 0 Å². The molecule has 1 aromatic rings. The summed E-state index contributed by atoms with van der Waals surface area (Å²) in [5.41, 5.74) is 7.21. The van der Waals surface area contributed by atoms with Crippen molar-refractivity contribution in [1.82, 2.24) is 4.90 Å². The highest BCUT2D eigenvalue weighted by Crippen LogP contribution is 2.33. The molecule has 2 aliphatic rings. The quantitative estimate of drug-likeness (QED) is 0.917. The van der Waals surface area contributed by atoms with E-state index >= 15 is 0 Å². The van der Waals surface area contributed by atoms with Gasteiger partial charge in [0.1, 0.15) is 0 Å². The molecule has 1 aliphatic heterocycles. The average molecular weight is 276 g/mol. The van der Waals surface area contributed by atoms with Gasteiger partial charge < -0.3 is 15.2 Å². The molecule has 0 aromatic heterocycles. The molecule has 3 rings (SSSR count). The van der Waals surface area contributed by atoms with Crippen molar-refractivity contribution in [3.63, 3.8) is 0 Å². The maximum atomic E-state index is 5.94. The molecule has 1 fully saturated rings. The summed E-state index contributed by atoms with van der Waals surface area (Å²) in [6.45, 7) is 2.08. The summed E-state index contributed by atoms with van der Waals surface area (Å²) in [6.07, 6.45) is 5.19. The number of fused-ring (bicyclic) bond motifs is 1. The van der Waals surface area contributed by atoms with E-state index in [2.05, 4.69) is 24.1 Å². The molecule has 2 unspecified atom stereocenters. The van der Waals surface area contributed by atoms with Gasteiger partial charge in [0.05, 0.1) is 0 Å². The summed E-state index contributed by atoms with van der Waals surface area (Å²) in [5, 5.41) is 0. The lowest BCUT2D eigenvalue weighted by Crippen LogP contribution is -2.42. The fourth-order valence-corrected chi connectivity index (χ4v) is 3.49. The number of ether oxygens (including phenoxy) is 2. The maximum absolute atomic E-state index is 5.94. The summed E-state index contributed by atoms with van der Waals surface area (Å²) in [6, 6.07) is 6.84. The molecule has 2 N–H and O–H groups in total. The molecular formula is C16H24N2O2. The molecule has 1 aliphatic carbocycles. The standard InChI is InChI=1S/C16H24N2O2/c1-18(14-5-3-2-4-13(14)9-17)10-12-6-7-15-16(8-12)20-11-19-15/h6-8,13-14H,2-5,9-11,17H2,1H3. The molecule has 0 radical (unpaired) electrons. The third kappa shape index (κ3) is 2.76. The van der Waals surface area contributed by atoms with E-state index in [0.29, 0.717) is 18.8 Å². The van der Waals surface area contributed by atoms with Crippen LogP contribution >= 0.6 is 0 Å². The number of rotatable bonds is 4. The van der Waals surface area contributed by atoms with E-state index in [-0.39, 0.29) is 0 Å². The number of hydrogen-bond donors (Lipinski definition) is 1. The van der Waals surface area contributed by atoms with Crippen LogP contribution in [0.15, 0.2) is 18.2 Å². The summed E-state index contributed by atoms with van der Waals surface area (Å²) in [7, 11) is 2.21. The van der Waals surface area contributed by atoms with Crippen LogP contribution in [0.4, 0.5) is 0 Å². The highest BCUT2D eigenvalue weighted by Gasteiger charge is 2.27. The van der Waals surface area contributed by atoms with Gasteiger partial charge in [0, 0.05) is 12.6 Å². The van der Waals surface area contributed by atoms with Gasteiger partial charge in [0.15, 0.2) is 11.5 Å². The first-order valence-electron chi connectivity index (χ1n) is 7.57. The highest BCUT2D eigenvalue weighted by atomic mass is 16.7. The molecule has 1 heterocycles. The third-order valence-electron chi connectivity index (χ3n) is 4.61. The van der Waals surface area contributed by atoms with Crippen molar-refractivity contribution < 1.29 is 9.47 Å². The van der Waals surface area contributed by atoms with E-state index < -0.39 is 0 Å². The second-order valence-corrected chi connectivity index (χ2v) is 5.95. The number of benzene rings is 1. The molecule has 1 saturated carbocycles. The van der Waals surface area contributed by atoms with E-state index in [1.165, 1.54) is 31.2 Å². The van der Waals surface area contributed by atoms with Crippen LogP contribution in [-0.2, 0) is 6.54 Å². The average Bonchev–Trinajstić information content (AvgIpc) is 2.94. The zero-order valence-electron chi connectivity index (χ0n) is 12.2. The van der Waals surface area contributed by atoms with E-state index in [0.717, 1.165) is 24.6 Å². The molecule has 2 atom stereocenters. The van der Waals surface area contributed by atoms with Gasteiger partial charge in [0.2, 0.25) is 6.79 Å². The Labute approximate surface area is 120 Å². The molecule has 4 heteroatoms. The largest absolute Gasteiger partial charge is 0.454 e. The minimum atomic E-state index is 0.340. The van der Waals surface area contributed by atoms with Crippen LogP contribution in [0, 0.1) is 5.92 Å². The first-order chi connectivity index (χ1) is 9.78. The lowest BCUT2D eigenvalue weighted by atomic mass is 9.83. The predicted octanol–water partition coefficient (Wildman–Crippen LogP) is 2.36. The van der Waals surface area contributed by atoms with E-state index in [1.807, 2.05) is 6.07 Å². The Morgan fingerprint density at radius 1 is 1.20 bits per heavy atom. The predicted molar refractivity (Wildman–Crippen MR) is 78.8 cm³/mol. The van der Waals surface area contributed by atoms with Crippen molar-refractivity contribution in [1.29, 1.82) is 0 Å². The lowest BCUT2D eigenvalue weighted by Gasteiger charge is -2.37. The molecule has 0 saturated heterocycles. The van der Waals surface area contributed by atoms with Crippen LogP contribution in [0.1, 0.15) is 31.2 Å². The van der Waals surface area contributed by atoms with Crippen LogP contribution in [0.3, 0.4) is 0 Å². The molecule has 0 spiro atoms. The van der Waals surface area contributed by atoms with Gasteiger partial charge in [0.25, 0.3) is 0 Å². The zero-order valence-corrected chi connectivity index (χ0v) is 12.2. The normalized spacial score (nSPS) is 25.1. The molecule has 1 aromatic carbocycles. The van der Waals surface area contributed by atoms with Crippen LogP contribution < -0.4 is 15.2 Å². The SMILES string of the molecule is CN(Cc1ccc2c(c1)OCO2)C1CCCCC1CN. The van der Waals surface area contributed by atoms with Gasteiger partial charge in [-0.15, -0.1) is 0 Å². The molecule has 0 bridgehead atoms. The van der Waals surface area contributed by atoms with Crippen molar-refractivity contribution in [3.8, 4) is 11.5 Å². The van der Waals surface area contributed by atoms with Crippen LogP contribution in [-0.4, -0.2) is 31.3 Å². The van der Waals surface area contributed by atoms with Crippen LogP contribution in [0.25, 0.3) is 0 Å². The van der Waals surface area contributed by atoms with Crippen molar-refractivity contribution in [2.75, 3.05) is 20.4 Å². The summed E-state index contributed by atoms with van der Waals surface area (Å²) in [4.78, 5) is 2.45. The second-order valence-electron chi connectivity index (χ2n) is 5.95. The number of nitrogens with two attached hydrogens (primary N) is 1. The van der Waals surface area contributed by atoms with Crippen LogP contribution in [0.5, 0.6) is 11.5 Å². The minimum Gasteiger partial charge on any atom is -0.454 e. The molecule has 20 heavy (non-hydrogen) atoms. The molecule has 0 amide bonds. The van der Waals surface area contributed by atoms with Gasteiger partial charge in [-0.25, -0.2) is 0 Å². The van der Waals surface area contributed by atoms with Gasteiger partial charge >= 0.3 is 0 Å². The fourth-order valence-electron chi connectivity index (χ4n) is 3.49. The molecule has 4 nitrogen and oxygen atoms in total. The molecule has 110 valence electrons. The maximum Gasteiger partial charge on any atom is 0.231 e. The first kappa shape index (κ1) is 13.7. The van der Waals surface area contributed by atoms with Gasteiger partial charge in [-0.05, 0) is 50.0 Å². The van der Waals surface area contributed by atoms with E-state index in [4.69, 9.17) is 15.2 Å². The first-order valence-corrected chi connectivity index (χ1v) is 7.57. The Bertz CT molecular complexity index is 464. The van der Waals surface area contributed by atoms with E-state index in [1.54, 1.807) is 0 Å². The van der Waals surface area contributed by atoms with Gasteiger partial charge in [-0.3, -0.25) is 4.90 Å². The smallest absolute Gasteiger partial charge is 0.231 e.